The van der Waals surface area contributed by atoms with Crippen LogP contribution in [0.25, 0.3) is 0 Å². The van der Waals surface area contributed by atoms with Crippen LogP contribution in [0.3, 0.4) is 0 Å². The number of carbonyl (C=O) groups is 1. The molecule has 1 aromatic rings. The lowest BCUT2D eigenvalue weighted by molar-refractivity contribution is -0.138. The number of hydrogen-bond acceptors (Lipinski definition) is 3. The Bertz CT molecular complexity index is 379. The summed E-state index contributed by atoms with van der Waals surface area (Å²) in [7, 11) is 0. The third-order valence-corrected chi connectivity index (χ3v) is 2.21. The second-order valence-corrected chi connectivity index (χ2v) is 3.74. The van der Waals surface area contributed by atoms with Crippen LogP contribution in [-0.2, 0) is 16.0 Å². The lowest BCUT2D eigenvalue weighted by atomic mass is 10.1. The monoisotopic (exact) mass is 234 g/mol. The molecule has 17 heavy (non-hydrogen) atoms. The first kappa shape index (κ1) is 13.3. The summed E-state index contributed by atoms with van der Waals surface area (Å²) < 4.78 is 10.4. The normalized spacial score (nSPS) is 9.76. The van der Waals surface area contributed by atoms with E-state index in [4.69, 9.17) is 9.47 Å². The maximum atomic E-state index is 11.1. The van der Waals surface area contributed by atoms with Gasteiger partial charge in [-0.25, -0.2) is 4.79 Å². The first-order valence-electron chi connectivity index (χ1n) is 5.68. The molecule has 0 radical (unpaired) electrons. The van der Waals surface area contributed by atoms with Crippen LogP contribution in [0.15, 0.2) is 36.4 Å². The van der Waals surface area contributed by atoms with Gasteiger partial charge in [-0.1, -0.05) is 18.7 Å². The quantitative estimate of drug-likeness (QED) is 0.561. The molecular weight excluding hydrogens is 216 g/mol. The molecule has 0 aliphatic rings. The van der Waals surface area contributed by atoms with Gasteiger partial charge < -0.3 is 9.47 Å². The zero-order valence-corrected chi connectivity index (χ0v) is 10.4. The molecule has 0 saturated carbocycles. The fourth-order valence-corrected chi connectivity index (χ4v) is 1.30. The van der Waals surface area contributed by atoms with Gasteiger partial charge in [0.15, 0.2) is 0 Å². The Morgan fingerprint density at radius 3 is 2.47 bits per heavy atom. The summed E-state index contributed by atoms with van der Waals surface area (Å²) in [6.07, 6.45) is 0.700. The molecule has 92 valence electrons. The van der Waals surface area contributed by atoms with E-state index < -0.39 is 0 Å². The molecule has 0 spiro atoms. The number of carbonyl (C=O) groups excluding carboxylic acids is 1. The Morgan fingerprint density at radius 1 is 1.29 bits per heavy atom. The van der Waals surface area contributed by atoms with Crippen LogP contribution in [0.4, 0.5) is 0 Å². The summed E-state index contributed by atoms with van der Waals surface area (Å²) in [4.78, 5) is 11.1. The molecule has 0 heterocycles. The van der Waals surface area contributed by atoms with Gasteiger partial charge >= 0.3 is 5.97 Å². The first-order valence-corrected chi connectivity index (χ1v) is 5.68. The molecular formula is C14H18O3. The van der Waals surface area contributed by atoms with Gasteiger partial charge in [-0.2, -0.15) is 0 Å². The van der Waals surface area contributed by atoms with Crippen LogP contribution in [0.1, 0.15) is 19.4 Å². The van der Waals surface area contributed by atoms with Crippen molar-refractivity contribution in [3.05, 3.63) is 42.0 Å². The van der Waals surface area contributed by atoms with Gasteiger partial charge in [-0.3, -0.25) is 0 Å². The Balaban J connectivity index is 2.37. The van der Waals surface area contributed by atoms with Crippen LogP contribution >= 0.6 is 0 Å². The van der Waals surface area contributed by atoms with E-state index in [2.05, 4.69) is 6.58 Å². The van der Waals surface area contributed by atoms with Crippen molar-refractivity contribution in [2.45, 2.75) is 20.3 Å². The molecule has 0 N–H and O–H groups in total. The average molecular weight is 234 g/mol. The summed E-state index contributed by atoms with van der Waals surface area (Å²) in [5, 5.41) is 0. The van der Waals surface area contributed by atoms with Gasteiger partial charge in [0.05, 0.1) is 13.2 Å². The fraction of sp³-hybridized carbons (Fsp3) is 0.357. The van der Waals surface area contributed by atoms with Gasteiger partial charge in [0, 0.05) is 12.0 Å². The summed E-state index contributed by atoms with van der Waals surface area (Å²) in [5.74, 6) is 0.520. The standard InChI is InChI=1S/C14H18O3/c1-4-16-13-7-5-12(6-8-13)9-10-17-14(15)11(2)3/h5-8H,2,4,9-10H2,1,3H3. The van der Waals surface area contributed by atoms with E-state index in [-0.39, 0.29) is 5.97 Å². The fourth-order valence-electron chi connectivity index (χ4n) is 1.30. The molecule has 0 fully saturated rings. The average Bonchev–Trinajstić information content (AvgIpc) is 2.31. The van der Waals surface area contributed by atoms with Crippen molar-refractivity contribution in [1.82, 2.24) is 0 Å². The van der Waals surface area contributed by atoms with Crippen molar-refractivity contribution in [3.8, 4) is 5.75 Å². The minimum Gasteiger partial charge on any atom is -0.494 e. The molecule has 0 saturated heterocycles. The van der Waals surface area contributed by atoms with Crippen molar-refractivity contribution in [2.24, 2.45) is 0 Å². The van der Waals surface area contributed by atoms with Crippen molar-refractivity contribution in [1.29, 1.82) is 0 Å². The maximum absolute atomic E-state index is 11.1. The molecule has 0 aromatic heterocycles. The number of rotatable bonds is 6. The summed E-state index contributed by atoms with van der Waals surface area (Å²) in [6.45, 7) is 8.15. The second-order valence-electron chi connectivity index (χ2n) is 3.74. The number of hydrogen-bond donors (Lipinski definition) is 0. The smallest absolute Gasteiger partial charge is 0.333 e. The lowest BCUT2D eigenvalue weighted by Crippen LogP contribution is -2.07. The minimum absolute atomic E-state index is 0.337. The van der Waals surface area contributed by atoms with Crippen LogP contribution < -0.4 is 4.74 Å². The van der Waals surface area contributed by atoms with E-state index in [1.807, 2.05) is 31.2 Å². The second kappa shape index (κ2) is 6.74. The zero-order valence-electron chi connectivity index (χ0n) is 10.4. The van der Waals surface area contributed by atoms with Gasteiger partial charge in [-0.15, -0.1) is 0 Å². The highest BCUT2D eigenvalue weighted by Gasteiger charge is 2.02. The third kappa shape index (κ3) is 4.72. The third-order valence-electron chi connectivity index (χ3n) is 2.21. The van der Waals surface area contributed by atoms with Gasteiger partial charge in [0.25, 0.3) is 0 Å². The Kier molecular flexibility index (Phi) is 5.27. The van der Waals surface area contributed by atoms with Crippen molar-refractivity contribution in [2.75, 3.05) is 13.2 Å². The maximum Gasteiger partial charge on any atom is 0.333 e. The molecule has 0 bridgehead atoms. The van der Waals surface area contributed by atoms with E-state index in [9.17, 15) is 4.79 Å². The largest absolute Gasteiger partial charge is 0.494 e. The molecule has 0 unspecified atom stereocenters. The highest BCUT2D eigenvalue weighted by atomic mass is 16.5. The number of esters is 1. The highest BCUT2D eigenvalue weighted by Crippen LogP contribution is 2.12. The Labute approximate surface area is 102 Å². The molecule has 0 aliphatic heterocycles. The predicted octanol–water partition coefficient (Wildman–Crippen LogP) is 2.75. The topological polar surface area (TPSA) is 35.5 Å². The van der Waals surface area contributed by atoms with E-state index in [0.29, 0.717) is 25.2 Å². The molecule has 3 heteroatoms. The van der Waals surface area contributed by atoms with E-state index in [0.717, 1.165) is 11.3 Å². The van der Waals surface area contributed by atoms with Crippen LogP contribution in [-0.4, -0.2) is 19.2 Å². The predicted molar refractivity (Wildman–Crippen MR) is 67.1 cm³/mol. The van der Waals surface area contributed by atoms with Crippen molar-refractivity contribution >= 4 is 5.97 Å². The molecule has 1 rings (SSSR count). The highest BCUT2D eigenvalue weighted by molar-refractivity contribution is 5.86. The van der Waals surface area contributed by atoms with Crippen molar-refractivity contribution < 1.29 is 14.3 Å². The minimum atomic E-state index is -0.337. The summed E-state index contributed by atoms with van der Waals surface area (Å²) >= 11 is 0. The van der Waals surface area contributed by atoms with Crippen molar-refractivity contribution in [3.63, 3.8) is 0 Å². The summed E-state index contributed by atoms with van der Waals surface area (Å²) in [6, 6.07) is 7.78. The van der Waals surface area contributed by atoms with E-state index in [1.54, 1.807) is 6.92 Å². The molecule has 0 aliphatic carbocycles. The van der Waals surface area contributed by atoms with Crippen LogP contribution in [0.2, 0.25) is 0 Å². The Hall–Kier alpha value is -1.77. The zero-order chi connectivity index (χ0) is 12.7. The van der Waals surface area contributed by atoms with Crippen LogP contribution in [0.5, 0.6) is 5.75 Å². The lowest BCUT2D eigenvalue weighted by Gasteiger charge is -2.06. The van der Waals surface area contributed by atoms with E-state index >= 15 is 0 Å². The first-order chi connectivity index (χ1) is 8.13. The van der Waals surface area contributed by atoms with Crippen LogP contribution in [0, 0.1) is 0 Å². The number of ether oxygens (including phenoxy) is 2. The van der Waals surface area contributed by atoms with E-state index in [1.165, 1.54) is 0 Å². The van der Waals surface area contributed by atoms with Gasteiger partial charge in [0.1, 0.15) is 5.75 Å². The Morgan fingerprint density at radius 2 is 1.94 bits per heavy atom. The molecule has 0 atom stereocenters. The molecule has 0 amide bonds. The molecule has 1 aromatic carbocycles. The number of benzene rings is 1. The SMILES string of the molecule is C=C(C)C(=O)OCCc1ccc(OCC)cc1. The summed E-state index contributed by atoms with van der Waals surface area (Å²) in [5.41, 5.74) is 1.54. The molecule has 3 nitrogen and oxygen atoms in total. The van der Waals surface area contributed by atoms with Gasteiger partial charge in [0.2, 0.25) is 0 Å². The van der Waals surface area contributed by atoms with Gasteiger partial charge in [-0.05, 0) is 31.5 Å².